The first-order valence-corrected chi connectivity index (χ1v) is 9.09. The van der Waals surface area contributed by atoms with Crippen LogP contribution in [0, 0.1) is 19.7 Å². The zero-order valence-corrected chi connectivity index (χ0v) is 16.6. The molecule has 2 rings (SSSR count). The second-order valence-electron chi connectivity index (χ2n) is 5.93. The lowest BCUT2D eigenvalue weighted by molar-refractivity contribution is -0.107. The number of aldehydes is 1. The van der Waals surface area contributed by atoms with E-state index in [9.17, 15) is 9.18 Å². The van der Waals surface area contributed by atoms with Gasteiger partial charge in [0.15, 0.2) is 0 Å². The Balaban J connectivity index is 0.00000163. The molecule has 0 spiro atoms. The summed E-state index contributed by atoms with van der Waals surface area (Å²) >= 11 is 0. The topological polar surface area (TPSA) is 41.5 Å². The molecule has 0 aromatic heterocycles. The van der Waals surface area contributed by atoms with Gasteiger partial charge in [-0.3, -0.25) is 0 Å². The summed E-state index contributed by atoms with van der Waals surface area (Å²) in [5, 5.41) is 3.23. The molecule has 3 nitrogen and oxygen atoms in total. The predicted molar refractivity (Wildman–Crippen MR) is 109 cm³/mol. The average molecular weight is 356 g/mol. The van der Waals surface area contributed by atoms with Crippen LogP contribution in [0.15, 0.2) is 35.3 Å². The van der Waals surface area contributed by atoms with Crippen molar-refractivity contribution in [3.05, 3.63) is 58.4 Å². The van der Waals surface area contributed by atoms with Gasteiger partial charge in [-0.1, -0.05) is 32.9 Å². The highest BCUT2D eigenvalue weighted by Crippen LogP contribution is 2.27. The summed E-state index contributed by atoms with van der Waals surface area (Å²) in [7, 11) is 0. The number of halogens is 1. The van der Waals surface area contributed by atoms with Crippen LogP contribution in [0.25, 0.3) is 0 Å². The third-order valence-corrected chi connectivity index (χ3v) is 3.92. The quantitative estimate of drug-likeness (QED) is 0.409. The highest BCUT2D eigenvalue weighted by atomic mass is 19.1. The highest BCUT2D eigenvalue weighted by molar-refractivity contribution is 5.96. The zero-order valence-electron chi connectivity index (χ0n) is 16.6. The molecular weight excluding hydrogens is 327 g/mol. The van der Waals surface area contributed by atoms with Gasteiger partial charge in [-0.15, -0.1) is 0 Å². The van der Waals surface area contributed by atoms with E-state index in [4.69, 9.17) is 4.99 Å². The molecule has 0 saturated heterocycles. The molecule has 0 fully saturated rings. The maximum absolute atomic E-state index is 13.2. The number of nitrogens with zero attached hydrogens (tertiary/aromatic N) is 1. The van der Waals surface area contributed by atoms with Crippen molar-refractivity contribution in [3.8, 4) is 0 Å². The molecule has 0 bridgehead atoms. The minimum absolute atomic E-state index is 0.248. The monoisotopic (exact) mass is 356 g/mol. The second kappa shape index (κ2) is 10.5. The number of benzene rings is 2. The maximum Gasteiger partial charge on any atom is 0.124 e. The Morgan fingerprint density at radius 3 is 2.42 bits per heavy atom. The number of aryl methyl sites for hydroxylation is 3. The van der Waals surface area contributed by atoms with Gasteiger partial charge in [-0.2, -0.15) is 0 Å². The van der Waals surface area contributed by atoms with Crippen molar-refractivity contribution in [2.45, 2.75) is 54.4 Å². The summed E-state index contributed by atoms with van der Waals surface area (Å²) in [5.41, 5.74) is 5.77. The molecule has 0 saturated carbocycles. The van der Waals surface area contributed by atoms with E-state index in [1.54, 1.807) is 6.07 Å². The van der Waals surface area contributed by atoms with Gasteiger partial charge < -0.3 is 10.1 Å². The normalized spacial score (nSPS) is 10.8. The molecule has 2 aromatic rings. The fourth-order valence-electron chi connectivity index (χ4n) is 2.73. The Morgan fingerprint density at radius 2 is 1.85 bits per heavy atom. The first-order valence-electron chi connectivity index (χ1n) is 9.09. The number of aliphatic imine (C=N–C) groups is 1. The summed E-state index contributed by atoms with van der Waals surface area (Å²) in [6, 6.07) is 8.68. The molecular formula is C22H29FN2O. The lowest BCUT2D eigenvalue weighted by Crippen LogP contribution is -2.08. The third-order valence-electron chi connectivity index (χ3n) is 3.92. The maximum atomic E-state index is 13.2. The Hall–Kier alpha value is -2.49. The van der Waals surface area contributed by atoms with E-state index < -0.39 is 0 Å². The Kier molecular flexibility index (Phi) is 8.70. The first kappa shape index (κ1) is 21.6. The van der Waals surface area contributed by atoms with Crippen LogP contribution in [0.1, 0.15) is 49.9 Å². The Labute approximate surface area is 156 Å². The SMILES string of the molecule is CC.CCc1cc(CC=O)cc(C)c1N=C(C)Nc1ccc(F)cc1C. The molecule has 4 heteroatoms. The summed E-state index contributed by atoms with van der Waals surface area (Å²) in [6.07, 6.45) is 2.18. The van der Waals surface area contributed by atoms with Gasteiger partial charge in [0.2, 0.25) is 0 Å². The number of hydrogen-bond donors (Lipinski definition) is 1. The fourth-order valence-corrected chi connectivity index (χ4v) is 2.73. The van der Waals surface area contributed by atoms with E-state index in [0.717, 1.165) is 52.2 Å². The second-order valence-corrected chi connectivity index (χ2v) is 5.93. The molecule has 140 valence electrons. The summed E-state index contributed by atoms with van der Waals surface area (Å²) in [6.45, 7) is 11.8. The minimum Gasteiger partial charge on any atom is -0.344 e. The lowest BCUT2D eigenvalue weighted by Gasteiger charge is -2.13. The number of rotatable bonds is 5. The van der Waals surface area contributed by atoms with Crippen LogP contribution >= 0.6 is 0 Å². The zero-order chi connectivity index (χ0) is 19.7. The van der Waals surface area contributed by atoms with Crippen LogP contribution in [0.4, 0.5) is 15.8 Å². The van der Waals surface area contributed by atoms with Gasteiger partial charge in [0.1, 0.15) is 17.9 Å². The van der Waals surface area contributed by atoms with Crippen LogP contribution < -0.4 is 5.32 Å². The van der Waals surface area contributed by atoms with Gasteiger partial charge in [0.05, 0.1) is 5.69 Å². The van der Waals surface area contributed by atoms with Gasteiger partial charge >= 0.3 is 0 Å². The Bertz CT molecular complexity index is 782. The molecule has 0 atom stereocenters. The van der Waals surface area contributed by atoms with Crippen LogP contribution in [-0.4, -0.2) is 12.1 Å². The van der Waals surface area contributed by atoms with Crippen LogP contribution in [0.5, 0.6) is 0 Å². The van der Waals surface area contributed by atoms with Crippen molar-refractivity contribution in [2.24, 2.45) is 4.99 Å². The van der Waals surface area contributed by atoms with Crippen molar-refractivity contribution >= 4 is 23.5 Å². The van der Waals surface area contributed by atoms with Crippen LogP contribution in [0.3, 0.4) is 0 Å². The number of hydrogen-bond acceptors (Lipinski definition) is 2. The molecule has 0 radical (unpaired) electrons. The summed E-state index contributed by atoms with van der Waals surface area (Å²) < 4.78 is 13.2. The van der Waals surface area contributed by atoms with Crippen molar-refractivity contribution in [1.82, 2.24) is 0 Å². The van der Waals surface area contributed by atoms with E-state index >= 15 is 0 Å². The van der Waals surface area contributed by atoms with Crippen molar-refractivity contribution < 1.29 is 9.18 Å². The number of amidine groups is 1. The van der Waals surface area contributed by atoms with Crippen LogP contribution in [-0.2, 0) is 17.6 Å². The van der Waals surface area contributed by atoms with Gasteiger partial charge in [-0.05, 0) is 67.6 Å². The molecule has 0 aliphatic heterocycles. The van der Waals surface area contributed by atoms with Gasteiger partial charge in [0, 0.05) is 12.1 Å². The molecule has 0 heterocycles. The first-order chi connectivity index (χ1) is 12.4. The number of carbonyl (C=O) groups is 1. The van der Waals surface area contributed by atoms with Crippen molar-refractivity contribution in [2.75, 3.05) is 5.32 Å². The fraction of sp³-hybridized carbons (Fsp3) is 0.364. The molecule has 2 aromatic carbocycles. The van der Waals surface area contributed by atoms with E-state index in [1.807, 2.05) is 46.8 Å². The predicted octanol–water partition coefficient (Wildman–Crippen LogP) is 5.93. The van der Waals surface area contributed by atoms with Crippen molar-refractivity contribution in [1.29, 1.82) is 0 Å². The van der Waals surface area contributed by atoms with Crippen LogP contribution in [0.2, 0.25) is 0 Å². The summed E-state index contributed by atoms with van der Waals surface area (Å²) in [5.74, 6) is 0.494. The number of carbonyl (C=O) groups excluding carboxylic acids is 1. The number of anilines is 1. The van der Waals surface area contributed by atoms with E-state index in [-0.39, 0.29) is 5.82 Å². The van der Waals surface area contributed by atoms with Gasteiger partial charge in [0.25, 0.3) is 0 Å². The number of nitrogens with one attached hydrogen (secondary N) is 1. The highest BCUT2D eigenvalue weighted by Gasteiger charge is 2.08. The largest absolute Gasteiger partial charge is 0.344 e. The molecule has 1 N–H and O–H groups in total. The molecule has 26 heavy (non-hydrogen) atoms. The van der Waals surface area contributed by atoms with E-state index in [1.165, 1.54) is 12.1 Å². The smallest absolute Gasteiger partial charge is 0.124 e. The summed E-state index contributed by atoms with van der Waals surface area (Å²) in [4.78, 5) is 15.5. The lowest BCUT2D eigenvalue weighted by atomic mass is 10.0. The van der Waals surface area contributed by atoms with E-state index in [0.29, 0.717) is 6.42 Å². The molecule has 0 aliphatic carbocycles. The Morgan fingerprint density at radius 1 is 1.15 bits per heavy atom. The average Bonchev–Trinajstić information content (AvgIpc) is 2.61. The van der Waals surface area contributed by atoms with E-state index in [2.05, 4.69) is 12.2 Å². The third kappa shape index (κ3) is 5.80. The molecule has 0 unspecified atom stereocenters. The molecule has 0 aliphatic rings. The minimum atomic E-state index is -0.248. The molecule has 0 amide bonds. The van der Waals surface area contributed by atoms with Crippen molar-refractivity contribution in [3.63, 3.8) is 0 Å². The van der Waals surface area contributed by atoms with Gasteiger partial charge in [-0.25, -0.2) is 9.38 Å². The standard InChI is InChI=1S/C20H23FN2O.C2H6/c1-5-17-12-16(8-9-24)10-14(3)20(17)23-15(4)22-19-7-6-18(21)11-13(19)2;1-2/h6-7,9-12H,5,8H2,1-4H3,(H,22,23);1-2H3.